The number of nitrogens with zero attached hydrogens (tertiary/aromatic N) is 2. The van der Waals surface area contributed by atoms with Gasteiger partial charge in [0.15, 0.2) is 5.41 Å². The Morgan fingerprint density at radius 1 is 0.920 bits per heavy atom. The number of hydrogen-bond donors (Lipinski definition) is 0. The van der Waals surface area contributed by atoms with Crippen LogP contribution >= 0.6 is 0 Å². The molecule has 0 aromatic carbocycles. The standard InChI is InChI=1S/C22H28N2O/c1-14-2-4-21(5-3-14)18(22(21,12-23)13-24)19(25)20-9-15-6-16(10-20)8-17(7-15)11-20/h14-18H,2-11H2,1H3/t14?,15?,16?,17?,18-,20?,21?/m1/s1. The number of hydrogen-bond acceptors (Lipinski definition) is 3. The highest BCUT2D eigenvalue weighted by Crippen LogP contribution is 2.77. The van der Waals surface area contributed by atoms with Crippen LogP contribution in [0.25, 0.3) is 0 Å². The predicted octanol–water partition coefficient (Wildman–Crippen LogP) is 4.63. The van der Waals surface area contributed by atoms with Crippen LogP contribution in [0.1, 0.15) is 71.1 Å². The minimum absolute atomic E-state index is 0.176. The number of rotatable bonds is 2. The summed E-state index contributed by atoms with van der Waals surface area (Å²) in [6.07, 6.45) is 11.0. The Labute approximate surface area is 150 Å². The van der Waals surface area contributed by atoms with Gasteiger partial charge in [-0.2, -0.15) is 10.5 Å². The molecule has 1 atom stereocenters. The first kappa shape index (κ1) is 15.9. The molecule has 132 valence electrons. The first-order valence-corrected chi connectivity index (χ1v) is 10.4. The lowest BCUT2D eigenvalue weighted by Gasteiger charge is -2.56. The molecule has 4 bridgehead atoms. The van der Waals surface area contributed by atoms with E-state index in [2.05, 4.69) is 19.1 Å². The molecule has 0 aromatic heterocycles. The molecule has 3 nitrogen and oxygen atoms in total. The van der Waals surface area contributed by atoms with Crippen molar-refractivity contribution < 1.29 is 4.79 Å². The predicted molar refractivity (Wildman–Crippen MR) is 92.8 cm³/mol. The van der Waals surface area contributed by atoms with Crippen molar-refractivity contribution in [3.63, 3.8) is 0 Å². The van der Waals surface area contributed by atoms with Crippen molar-refractivity contribution >= 4 is 5.78 Å². The van der Waals surface area contributed by atoms with Crippen LogP contribution in [0.2, 0.25) is 0 Å². The molecule has 0 amide bonds. The van der Waals surface area contributed by atoms with Gasteiger partial charge in [-0.1, -0.05) is 19.8 Å². The molecule has 0 aliphatic heterocycles. The van der Waals surface area contributed by atoms with Gasteiger partial charge in [0, 0.05) is 10.8 Å². The molecule has 0 heterocycles. The van der Waals surface area contributed by atoms with Crippen LogP contribution in [0.3, 0.4) is 0 Å². The van der Waals surface area contributed by atoms with Gasteiger partial charge in [0.05, 0.1) is 18.1 Å². The van der Waals surface area contributed by atoms with E-state index in [0.717, 1.165) is 62.7 Å². The van der Waals surface area contributed by atoms with Crippen molar-refractivity contribution in [3.05, 3.63) is 0 Å². The molecule has 6 saturated carbocycles. The second-order valence-corrected chi connectivity index (χ2v) is 10.4. The summed E-state index contributed by atoms with van der Waals surface area (Å²) in [4.78, 5) is 13.8. The Bertz CT molecular complexity index is 651. The van der Waals surface area contributed by atoms with Crippen LogP contribution in [-0.4, -0.2) is 5.78 Å². The van der Waals surface area contributed by atoms with Crippen molar-refractivity contribution in [3.8, 4) is 12.1 Å². The van der Waals surface area contributed by atoms with E-state index in [1.807, 2.05) is 0 Å². The summed E-state index contributed by atoms with van der Waals surface area (Å²) in [7, 11) is 0. The van der Waals surface area contributed by atoms with Gasteiger partial charge in [0.1, 0.15) is 5.78 Å². The van der Waals surface area contributed by atoms with Crippen LogP contribution < -0.4 is 0 Å². The first-order valence-electron chi connectivity index (χ1n) is 10.4. The SMILES string of the molecule is CC1CCC2(CC1)[C@@H](C(=O)C13CC4CC(CC(C4)C1)C3)C2(C#N)C#N. The van der Waals surface area contributed by atoms with Gasteiger partial charge in [0.25, 0.3) is 0 Å². The maximum absolute atomic E-state index is 13.8. The highest BCUT2D eigenvalue weighted by molar-refractivity contribution is 5.94. The summed E-state index contributed by atoms with van der Waals surface area (Å²) < 4.78 is 0. The molecule has 0 saturated heterocycles. The van der Waals surface area contributed by atoms with Gasteiger partial charge in [-0.15, -0.1) is 0 Å². The third kappa shape index (κ3) is 1.83. The van der Waals surface area contributed by atoms with Crippen LogP contribution in [0.15, 0.2) is 0 Å². The average molecular weight is 336 g/mol. The lowest BCUT2D eigenvalue weighted by molar-refractivity contribution is -0.146. The number of ketones is 1. The summed E-state index contributed by atoms with van der Waals surface area (Å²) in [6.45, 7) is 2.26. The van der Waals surface area contributed by atoms with Gasteiger partial charge in [-0.05, 0) is 75.0 Å². The molecule has 6 aliphatic carbocycles. The molecule has 1 spiro atoms. The van der Waals surface area contributed by atoms with Crippen LogP contribution in [-0.2, 0) is 4.79 Å². The second-order valence-electron chi connectivity index (χ2n) is 10.4. The van der Waals surface area contributed by atoms with Crippen molar-refractivity contribution in [1.29, 1.82) is 10.5 Å². The van der Waals surface area contributed by atoms with Crippen molar-refractivity contribution in [2.45, 2.75) is 71.1 Å². The average Bonchev–Trinajstić information content (AvgIpc) is 3.16. The van der Waals surface area contributed by atoms with Crippen LogP contribution in [0.5, 0.6) is 0 Å². The van der Waals surface area contributed by atoms with E-state index in [0.29, 0.717) is 11.7 Å². The fourth-order valence-electron chi connectivity index (χ4n) is 8.10. The highest BCUT2D eigenvalue weighted by atomic mass is 16.1. The minimum atomic E-state index is -1.02. The number of carbonyl (C=O) groups excluding carboxylic acids is 1. The first-order chi connectivity index (χ1) is 12.0. The molecule has 25 heavy (non-hydrogen) atoms. The highest BCUT2D eigenvalue weighted by Gasteiger charge is 2.82. The summed E-state index contributed by atoms with van der Waals surface area (Å²) >= 11 is 0. The Kier molecular flexibility index (Phi) is 3.10. The summed E-state index contributed by atoms with van der Waals surface area (Å²) in [6, 6.07) is 4.72. The Hall–Kier alpha value is -1.35. The van der Waals surface area contributed by atoms with Crippen molar-refractivity contribution in [1.82, 2.24) is 0 Å². The fraction of sp³-hybridized carbons (Fsp3) is 0.864. The maximum Gasteiger partial charge on any atom is 0.160 e. The topological polar surface area (TPSA) is 64.7 Å². The van der Waals surface area contributed by atoms with E-state index in [4.69, 9.17) is 0 Å². The van der Waals surface area contributed by atoms with E-state index >= 15 is 0 Å². The largest absolute Gasteiger partial charge is 0.299 e. The summed E-state index contributed by atoms with van der Waals surface area (Å²) in [5.74, 6) is 2.90. The van der Waals surface area contributed by atoms with Gasteiger partial charge >= 0.3 is 0 Å². The molecular weight excluding hydrogens is 308 g/mol. The van der Waals surface area contributed by atoms with Gasteiger partial charge in [-0.3, -0.25) is 4.79 Å². The number of Topliss-reactive ketones (excluding diaryl/α,β-unsaturated/α-hetero) is 1. The van der Waals surface area contributed by atoms with E-state index in [9.17, 15) is 15.3 Å². The molecular formula is C22H28N2O. The number of carbonyl (C=O) groups is 1. The van der Waals surface area contributed by atoms with Gasteiger partial charge < -0.3 is 0 Å². The van der Waals surface area contributed by atoms with E-state index in [1.165, 1.54) is 19.3 Å². The molecule has 6 rings (SSSR count). The minimum Gasteiger partial charge on any atom is -0.299 e. The molecule has 0 radical (unpaired) electrons. The summed E-state index contributed by atoms with van der Waals surface area (Å²) in [5, 5.41) is 19.8. The molecule has 3 heteroatoms. The van der Waals surface area contributed by atoms with Crippen molar-refractivity contribution in [2.24, 2.45) is 45.8 Å². The Morgan fingerprint density at radius 3 is 1.84 bits per heavy atom. The fourth-order valence-corrected chi connectivity index (χ4v) is 8.10. The quantitative estimate of drug-likeness (QED) is 0.738. The second kappa shape index (κ2) is 4.88. The molecule has 0 unspecified atom stereocenters. The van der Waals surface area contributed by atoms with E-state index in [-0.39, 0.29) is 16.7 Å². The zero-order chi connectivity index (χ0) is 17.4. The lowest BCUT2D eigenvalue weighted by atomic mass is 9.48. The maximum atomic E-state index is 13.8. The molecule has 6 aliphatic rings. The third-order valence-corrected chi connectivity index (χ3v) is 9.03. The van der Waals surface area contributed by atoms with Gasteiger partial charge in [-0.25, -0.2) is 0 Å². The molecule has 6 fully saturated rings. The lowest BCUT2D eigenvalue weighted by Crippen LogP contribution is -2.51. The van der Waals surface area contributed by atoms with Crippen LogP contribution in [0, 0.1) is 68.5 Å². The zero-order valence-corrected chi connectivity index (χ0v) is 15.3. The summed E-state index contributed by atoms with van der Waals surface area (Å²) in [5.41, 5.74) is -1.51. The van der Waals surface area contributed by atoms with E-state index in [1.54, 1.807) is 0 Å². The zero-order valence-electron chi connectivity index (χ0n) is 15.3. The molecule has 0 aromatic rings. The number of nitriles is 2. The monoisotopic (exact) mass is 336 g/mol. The molecule has 0 N–H and O–H groups in total. The normalized spacial score (nSPS) is 51.7. The van der Waals surface area contributed by atoms with Crippen LogP contribution in [0.4, 0.5) is 0 Å². The van der Waals surface area contributed by atoms with E-state index < -0.39 is 5.41 Å². The Morgan fingerprint density at radius 2 is 1.40 bits per heavy atom. The Balaban J connectivity index is 1.49. The smallest absolute Gasteiger partial charge is 0.160 e. The van der Waals surface area contributed by atoms with Gasteiger partial charge in [0.2, 0.25) is 0 Å². The van der Waals surface area contributed by atoms with Crippen molar-refractivity contribution in [2.75, 3.05) is 0 Å². The third-order valence-electron chi connectivity index (χ3n) is 9.03.